The second-order valence-corrected chi connectivity index (χ2v) is 19.3. The van der Waals surface area contributed by atoms with E-state index < -0.39 is 0 Å². The maximum atomic E-state index is 3.92. The number of nitrogens with zero attached hydrogens (tertiary/aromatic N) is 2. The molecular formula is C46H80N2Y2-2. The van der Waals surface area contributed by atoms with Gasteiger partial charge in [-0.05, 0) is 124 Å². The van der Waals surface area contributed by atoms with Crippen molar-refractivity contribution < 1.29 is 65.4 Å². The molecule has 0 aromatic heterocycles. The maximum Gasteiger partial charge on any atom is 0.0399 e. The molecule has 50 heavy (non-hydrogen) atoms. The second-order valence-electron chi connectivity index (χ2n) is 19.3. The molecule has 0 unspecified atom stereocenters. The molecule has 2 aromatic carbocycles. The van der Waals surface area contributed by atoms with Gasteiger partial charge in [-0.15, -0.1) is 0 Å². The zero-order valence-electron chi connectivity index (χ0n) is 36.2. The molecule has 0 saturated heterocycles. The Bertz CT molecular complexity index is 1140. The van der Waals surface area contributed by atoms with Crippen molar-refractivity contribution in [3.05, 3.63) is 72.6 Å². The number of anilines is 1. The van der Waals surface area contributed by atoms with Crippen molar-refractivity contribution >= 4 is 5.69 Å². The van der Waals surface area contributed by atoms with Gasteiger partial charge < -0.3 is 11.8 Å². The van der Waals surface area contributed by atoms with Crippen LogP contribution < -0.4 is 4.90 Å². The average molecular weight is 839 g/mol. The Hall–Kier alpha value is 0.408. The Morgan fingerprint density at radius 2 is 0.920 bits per heavy atom. The molecule has 0 heterocycles. The van der Waals surface area contributed by atoms with Gasteiger partial charge >= 0.3 is 0 Å². The Balaban J connectivity index is 0. The van der Waals surface area contributed by atoms with E-state index >= 15 is 0 Å². The molecule has 2 aromatic rings. The van der Waals surface area contributed by atoms with Gasteiger partial charge in [-0.25, -0.2) is 0 Å². The molecule has 0 atom stereocenters. The van der Waals surface area contributed by atoms with Gasteiger partial charge in [0.1, 0.15) is 0 Å². The molecule has 0 amide bonds. The quantitative estimate of drug-likeness (QED) is 0.130. The van der Waals surface area contributed by atoms with E-state index in [-0.39, 0.29) is 98.4 Å². The molecule has 282 valence electrons. The van der Waals surface area contributed by atoms with Crippen LogP contribution in [-0.2, 0) is 78.3 Å². The molecule has 0 aliphatic rings. The van der Waals surface area contributed by atoms with Crippen molar-refractivity contribution in [1.29, 1.82) is 0 Å². The van der Waals surface area contributed by atoms with E-state index in [0.717, 1.165) is 6.42 Å². The predicted molar refractivity (Wildman–Crippen MR) is 217 cm³/mol. The number of hydrogen-bond donors (Lipinski definition) is 0. The van der Waals surface area contributed by atoms with Gasteiger partial charge in [0, 0.05) is 93.3 Å². The maximum absolute atomic E-state index is 3.92. The van der Waals surface area contributed by atoms with Crippen molar-refractivity contribution in [1.82, 2.24) is 4.90 Å². The Morgan fingerprint density at radius 3 is 1.32 bits per heavy atom. The molecule has 0 aliphatic heterocycles. The number of rotatable bonds is 15. The minimum atomic E-state index is 0. The molecule has 2 nitrogen and oxygen atoms in total. The van der Waals surface area contributed by atoms with Gasteiger partial charge in [0.05, 0.1) is 0 Å². The summed E-state index contributed by atoms with van der Waals surface area (Å²) in [5, 5.41) is 0. The molecule has 0 aliphatic carbocycles. The second kappa shape index (κ2) is 22.7. The van der Waals surface area contributed by atoms with Crippen molar-refractivity contribution in [2.45, 2.75) is 197 Å². The molecule has 0 N–H and O–H groups in total. The first-order chi connectivity index (χ1) is 21.9. The van der Waals surface area contributed by atoms with Crippen LogP contribution in [0.15, 0.2) is 48.5 Å². The molecule has 2 radical (unpaired) electrons. The molecule has 2 rings (SSSR count). The zero-order chi connectivity index (χ0) is 37.0. The van der Waals surface area contributed by atoms with E-state index in [2.05, 4.69) is 170 Å². The molecule has 0 spiro atoms. The van der Waals surface area contributed by atoms with Gasteiger partial charge in [0.15, 0.2) is 0 Å². The summed E-state index contributed by atoms with van der Waals surface area (Å²) < 4.78 is 0. The number of hydrogen-bond acceptors (Lipinski definition) is 2. The minimum Gasteiger partial charge on any atom is -0.361 e. The van der Waals surface area contributed by atoms with Crippen molar-refractivity contribution in [3.8, 4) is 0 Å². The van der Waals surface area contributed by atoms with Crippen LogP contribution in [-0.4, -0.2) is 33.6 Å². The van der Waals surface area contributed by atoms with Gasteiger partial charge in [-0.2, -0.15) is 42.3 Å². The van der Waals surface area contributed by atoms with E-state index in [4.69, 9.17) is 0 Å². The molecule has 0 fully saturated rings. The summed E-state index contributed by atoms with van der Waals surface area (Å²) in [4.78, 5) is 5.31. The molecule has 0 bridgehead atoms. The summed E-state index contributed by atoms with van der Waals surface area (Å²) in [6.07, 6.45) is 12.5. The fourth-order valence-electron chi connectivity index (χ4n) is 6.78. The van der Waals surface area contributed by atoms with Crippen LogP contribution in [0.25, 0.3) is 0 Å². The third kappa shape index (κ3) is 17.3. The molecular weight excluding hydrogens is 758 g/mol. The van der Waals surface area contributed by atoms with E-state index in [1.54, 1.807) is 0 Å². The number of benzene rings is 2. The van der Waals surface area contributed by atoms with Crippen molar-refractivity contribution in [3.63, 3.8) is 0 Å². The summed E-state index contributed by atoms with van der Waals surface area (Å²) in [7, 11) is 0. The van der Waals surface area contributed by atoms with Crippen LogP contribution in [0, 0.1) is 23.8 Å². The summed E-state index contributed by atoms with van der Waals surface area (Å²) in [5.74, 6) is 0. The molecule has 0 saturated carbocycles. The first-order valence-corrected chi connectivity index (χ1v) is 19.3. The largest absolute Gasteiger partial charge is 0.361 e. The van der Waals surface area contributed by atoms with Crippen LogP contribution in [0.5, 0.6) is 0 Å². The monoisotopic (exact) mass is 838 g/mol. The fraction of sp³-hybridized carbons (Fsp3) is 0.717. The van der Waals surface area contributed by atoms with Crippen molar-refractivity contribution in [2.24, 2.45) is 10.8 Å². The summed E-state index contributed by atoms with van der Waals surface area (Å²) in [6.45, 7) is 42.8. The van der Waals surface area contributed by atoms with Crippen LogP contribution in [0.4, 0.5) is 5.69 Å². The van der Waals surface area contributed by atoms with Gasteiger partial charge in [-0.1, -0.05) is 92.2 Å². The van der Waals surface area contributed by atoms with Gasteiger partial charge in [0.25, 0.3) is 0 Å². The predicted octanol–water partition coefficient (Wildman–Crippen LogP) is 13.6. The Morgan fingerprint density at radius 1 is 0.500 bits per heavy atom. The topological polar surface area (TPSA) is 6.48 Å². The standard InChI is InChI=1S/2C23H40N.2Y/c1-21(2,3)23(7,8)24(22(4,5)6)19-15-10-9-12-16-20-17-13-11-14-18-20;1-10-11-12-13-14-19-15-17-20(18-16-19)24(22(5,6)7)23(8,9)21(2,3)4;;/h13-14,17-18H,9-10,12,15-16,19H2,1-8H3;15-18H,1,10-14H2,2-9H3;;/q2*-1;;. The third-order valence-electron chi connectivity index (χ3n) is 11.2. The Labute approximate surface area is 364 Å². The normalized spacial score (nSPS) is 12.8. The summed E-state index contributed by atoms with van der Waals surface area (Å²) >= 11 is 0. The van der Waals surface area contributed by atoms with E-state index in [0.29, 0.717) is 0 Å². The van der Waals surface area contributed by atoms with Gasteiger partial charge in [0.2, 0.25) is 0 Å². The van der Waals surface area contributed by atoms with E-state index in [9.17, 15) is 0 Å². The van der Waals surface area contributed by atoms with Crippen LogP contribution in [0.1, 0.15) is 173 Å². The summed E-state index contributed by atoms with van der Waals surface area (Å²) in [6, 6.07) is 20.8. The van der Waals surface area contributed by atoms with Crippen LogP contribution in [0.3, 0.4) is 0 Å². The van der Waals surface area contributed by atoms with E-state index in [1.165, 1.54) is 81.1 Å². The smallest absolute Gasteiger partial charge is 0.0399 e. The van der Waals surface area contributed by atoms with Crippen LogP contribution in [0.2, 0.25) is 0 Å². The summed E-state index contributed by atoms with van der Waals surface area (Å²) in [5.41, 5.74) is 5.20. The first kappa shape index (κ1) is 52.5. The minimum absolute atomic E-state index is 0. The zero-order valence-corrected chi connectivity index (χ0v) is 41.8. The van der Waals surface area contributed by atoms with Gasteiger partial charge in [-0.3, -0.25) is 4.90 Å². The number of unbranched alkanes of at least 4 members (excludes halogenated alkanes) is 6. The van der Waals surface area contributed by atoms with Crippen molar-refractivity contribution in [2.75, 3.05) is 11.4 Å². The fourth-order valence-corrected chi connectivity index (χ4v) is 6.78. The molecule has 4 heteroatoms. The SMILES string of the molecule is CC(C)(C)N(CCCCCCc1cc[c-]cc1)C(C)(C)C(C)(C)C.[CH2-]CCCCCc1ccc(N(C(C)(C)C)C(C)(C)C(C)(C)C)cc1.[Y].[Y]. The third-order valence-corrected chi connectivity index (χ3v) is 11.2. The van der Waals surface area contributed by atoms with E-state index in [1.807, 2.05) is 12.1 Å². The average Bonchev–Trinajstić information content (AvgIpc) is 2.94. The van der Waals surface area contributed by atoms with Crippen LogP contribution >= 0.6 is 0 Å². The Kier molecular flexibility index (Phi) is 23.8. The first-order valence-electron chi connectivity index (χ1n) is 19.3. The number of aryl methyl sites for hydroxylation is 2.